The Morgan fingerprint density at radius 1 is 1.17 bits per heavy atom. The zero-order chi connectivity index (χ0) is 21.6. The molecule has 4 rings (SSSR count). The molecule has 30 heavy (non-hydrogen) atoms. The lowest BCUT2D eigenvalue weighted by molar-refractivity contribution is -0.121. The SMILES string of the molecule is CN1C(=O)/C(=C/c2cc3c(s2)-c2ccc(N(CCO)CCO)cc2C3(C)C)SC1=S. The van der Waals surface area contributed by atoms with E-state index in [-0.39, 0.29) is 24.5 Å². The molecule has 1 aliphatic heterocycles. The van der Waals surface area contributed by atoms with Crippen LogP contribution in [0.2, 0.25) is 0 Å². The number of aliphatic hydroxyl groups excluding tert-OH is 2. The summed E-state index contributed by atoms with van der Waals surface area (Å²) in [4.78, 5) is 18.8. The molecule has 0 radical (unpaired) electrons. The summed E-state index contributed by atoms with van der Waals surface area (Å²) in [5.74, 6) is -0.0456. The monoisotopic (exact) mass is 460 g/mol. The van der Waals surface area contributed by atoms with Gasteiger partial charge in [-0.3, -0.25) is 9.69 Å². The number of carbonyl (C=O) groups is 1. The highest BCUT2D eigenvalue weighted by atomic mass is 32.2. The summed E-state index contributed by atoms with van der Waals surface area (Å²) in [6.07, 6.45) is 1.94. The minimum absolute atomic E-state index is 0.0429. The topological polar surface area (TPSA) is 64.0 Å². The summed E-state index contributed by atoms with van der Waals surface area (Å²) in [7, 11) is 1.71. The number of carbonyl (C=O) groups excluding carboxylic acids is 1. The minimum Gasteiger partial charge on any atom is -0.395 e. The van der Waals surface area contributed by atoms with Gasteiger partial charge in [-0.25, -0.2) is 0 Å². The Morgan fingerprint density at radius 3 is 2.47 bits per heavy atom. The van der Waals surface area contributed by atoms with E-state index in [2.05, 4.69) is 38.1 Å². The van der Waals surface area contributed by atoms with Crippen LogP contribution in [0.3, 0.4) is 0 Å². The summed E-state index contributed by atoms with van der Waals surface area (Å²) in [5.41, 5.74) is 4.55. The Labute approximate surface area is 190 Å². The van der Waals surface area contributed by atoms with E-state index in [0.717, 1.165) is 10.6 Å². The van der Waals surface area contributed by atoms with Gasteiger partial charge in [-0.05, 0) is 41.0 Å². The van der Waals surface area contributed by atoms with Crippen LogP contribution in [0.5, 0.6) is 0 Å². The van der Waals surface area contributed by atoms with Crippen molar-refractivity contribution in [2.75, 3.05) is 38.3 Å². The fraction of sp³-hybridized carbons (Fsp3) is 0.364. The molecule has 158 valence electrons. The Morgan fingerprint density at radius 2 is 1.87 bits per heavy atom. The molecule has 1 fully saturated rings. The minimum atomic E-state index is -0.170. The molecule has 8 heteroatoms. The second kappa shape index (κ2) is 8.09. The van der Waals surface area contributed by atoms with Crippen LogP contribution in [-0.2, 0) is 10.2 Å². The number of amides is 1. The van der Waals surface area contributed by atoms with Crippen molar-refractivity contribution in [2.45, 2.75) is 19.3 Å². The summed E-state index contributed by atoms with van der Waals surface area (Å²) in [6.45, 7) is 5.49. The van der Waals surface area contributed by atoms with Crippen molar-refractivity contribution in [3.05, 3.63) is 45.2 Å². The normalized spacial score (nSPS) is 18.3. The third kappa shape index (κ3) is 3.50. The summed E-state index contributed by atoms with van der Waals surface area (Å²) in [5, 5.41) is 18.7. The van der Waals surface area contributed by atoms with Crippen molar-refractivity contribution in [1.82, 2.24) is 4.90 Å². The van der Waals surface area contributed by atoms with Crippen LogP contribution in [-0.4, -0.2) is 58.7 Å². The molecule has 2 aromatic rings. The first-order valence-corrected chi connectivity index (χ1v) is 11.8. The second-order valence-corrected chi connectivity index (χ2v) is 10.7. The highest BCUT2D eigenvalue weighted by Crippen LogP contribution is 2.53. The maximum Gasteiger partial charge on any atom is 0.265 e. The molecular formula is C22H24N2O3S3. The predicted molar refractivity (Wildman–Crippen MR) is 129 cm³/mol. The smallest absolute Gasteiger partial charge is 0.265 e. The molecule has 0 unspecified atom stereocenters. The molecule has 2 heterocycles. The third-order valence-corrected chi connectivity index (χ3v) is 8.31. The number of nitrogens with zero attached hydrogens (tertiary/aromatic N) is 2. The Balaban J connectivity index is 1.71. The molecule has 1 aromatic heterocycles. The molecule has 0 spiro atoms. The van der Waals surface area contributed by atoms with Gasteiger partial charge in [-0.1, -0.05) is 43.9 Å². The first kappa shape index (κ1) is 21.5. The average Bonchev–Trinajstić information content (AvgIpc) is 3.30. The van der Waals surface area contributed by atoms with E-state index >= 15 is 0 Å². The highest BCUT2D eigenvalue weighted by Gasteiger charge is 2.38. The Hall–Kier alpha value is -1.71. The van der Waals surface area contributed by atoms with Gasteiger partial charge in [0.1, 0.15) is 4.32 Å². The van der Waals surface area contributed by atoms with E-state index in [1.165, 1.54) is 38.2 Å². The van der Waals surface area contributed by atoms with E-state index in [1.54, 1.807) is 18.4 Å². The van der Waals surface area contributed by atoms with Crippen LogP contribution in [0.1, 0.15) is 29.9 Å². The number of thiophene rings is 1. The average molecular weight is 461 g/mol. The summed E-state index contributed by atoms with van der Waals surface area (Å²) >= 11 is 8.27. The van der Waals surface area contributed by atoms with E-state index in [0.29, 0.717) is 22.3 Å². The number of benzene rings is 1. The van der Waals surface area contributed by atoms with Gasteiger partial charge >= 0.3 is 0 Å². The molecule has 1 saturated heterocycles. The van der Waals surface area contributed by atoms with Gasteiger partial charge in [-0.15, -0.1) is 11.3 Å². The van der Waals surface area contributed by atoms with Crippen molar-refractivity contribution in [3.8, 4) is 10.4 Å². The molecule has 2 N–H and O–H groups in total. The van der Waals surface area contributed by atoms with Crippen LogP contribution >= 0.6 is 35.3 Å². The number of likely N-dealkylation sites (N-methyl/N-ethyl adjacent to an activating group) is 1. The first-order chi connectivity index (χ1) is 14.3. The number of aliphatic hydroxyl groups is 2. The predicted octanol–water partition coefficient (Wildman–Crippen LogP) is 3.68. The molecule has 0 bridgehead atoms. The molecule has 2 aliphatic rings. The number of fused-ring (bicyclic) bond motifs is 3. The van der Waals surface area contributed by atoms with E-state index in [1.807, 2.05) is 11.0 Å². The van der Waals surface area contributed by atoms with Crippen molar-refractivity contribution >= 4 is 57.3 Å². The van der Waals surface area contributed by atoms with Crippen LogP contribution in [0.25, 0.3) is 16.5 Å². The zero-order valence-electron chi connectivity index (χ0n) is 17.1. The van der Waals surface area contributed by atoms with Gasteiger partial charge in [0.2, 0.25) is 0 Å². The number of thiocarbonyl (C=S) groups is 1. The van der Waals surface area contributed by atoms with Gasteiger partial charge in [-0.2, -0.15) is 0 Å². The fourth-order valence-corrected chi connectivity index (χ4v) is 6.57. The van der Waals surface area contributed by atoms with Crippen molar-refractivity contribution in [2.24, 2.45) is 0 Å². The number of thioether (sulfide) groups is 1. The van der Waals surface area contributed by atoms with Crippen LogP contribution in [0, 0.1) is 0 Å². The van der Waals surface area contributed by atoms with E-state index in [9.17, 15) is 15.0 Å². The van der Waals surface area contributed by atoms with Crippen molar-refractivity contribution in [1.29, 1.82) is 0 Å². The standard InChI is InChI=1S/C22H24N2O3S3/c1-22(2)16-10-13(24(6-8-25)7-9-26)4-5-15(16)19-17(22)11-14(29-19)12-18-20(27)23(3)21(28)30-18/h4-5,10-12,25-26H,6-9H2,1-3H3/b18-12-. The van der Waals surface area contributed by atoms with E-state index in [4.69, 9.17) is 12.2 Å². The van der Waals surface area contributed by atoms with Gasteiger partial charge in [0.05, 0.1) is 18.1 Å². The lowest BCUT2D eigenvalue weighted by atomic mass is 9.82. The second-order valence-electron chi connectivity index (χ2n) is 7.92. The molecular weight excluding hydrogens is 436 g/mol. The lowest BCUT2D eigenvalue weighted by Gasteiger charge is -2.26. The van der Waals surface area contributed by atoms with Crippen LogP contribution in [0.4, 0.5) is 5.69 Å². The van der Waals surface area contributed by atoms with Gasteiger partial charge in [0, 0.05) is 41.0 Å². The molecule has 1 amide bonds. The first-order valence-electron chi connectivity index (χ1n) is 9.75. The summed E-state index contributed by atoms with van der Waals surface area (Å²) in [6, 6.07) is 8.54. The third-order valence-electron chi connectivity index (χ3n) is 5.71. The lowest BCUT2D eigenvalue weighted by Crippen LogP contribution is -2.30. The molecule has 1 aromatic carbocycles. The summed E-state index contributed by atoms with van der Waals surface area (Å²) < 4.78 is 0.587. The zero-order valence-corrected chi connectivity index (χ0v) is 19.6. The Kier molecular flexibility index (Phi) is 5.80. The maximum absolute atomic E-state index is 12.3. The van der Waals surface area contributed by atoms with Crippen LogP contribution in [0.15, 0.2) is 29.2 Å². The number of hydrogen-bond acceptors (Lipinski definition) is 7. The van der Waals surface area contributed by atoms with E-state index < -0.39 is 0 Å². The molecule has 1 aliphatic carbocycles. The largest absolute Gasteiger partial charge is 0.395 e. The van der Waals surface area contributed by atoms with Crippen LogP contribution < -0.4 is 4.90 Å². The number of hydrogen-bond donors (Lipinski definition) is 2. The molecule has 0 atom stereocenters. The number of anilines is 1. The quantitative estimate of drug-likeness (QED) is 0.507. The van der Waals surface area contributed by atoms with Gasteiger partial charge in [0.15, 0.2) is 0 Å². The Bertz CT molecular complexity index is 1050. The molecule has 5 nitrogen and oxygen atoms in total. The maximum atomic E-state index is 12.3. The molecule has 0 saturated carbocycles. The van der Waals surface area contributed by atoms with Gasteiger partial charge < -0.3 is 15.1 Å². The fourth-order valence-electron chi connectivity index (χ4n) is 4.02. The van der Waals surface area contributed by atoms with Crippen molar-refractivity contribution in [3.63, 3.8) is 0 Å². The van der Waals surface area contributed by atoms with Gasteiger partial charge in [0.25, 0.3) is 5.91 Å². The van der Waals surface area contributed by atoms with Crippen molar-refractivity contribution < 1.29 is 15.0 Å². The highest BCUT2D eigenvalue weighted by molar-refractivity contribution is 8.26. The number of rotatable bonds is 6.